The molecule has 10 heteroatoms. The molecule has 1 spiro atoms. The minimum Gasteiger partial charge on any atom is -0.475 e. The molecule has 2 aliphatic rings. The summed E-state index contributed by atoms with van der Waals surface area (Å²) < 4.78 is 31.7. The number of hydrogen-bond donors (Lipinski definition) is 1. The highest BCUT2D eigenvalue weighted by Crippen LogP contribution is 2.41. The summed E-state index contributed by atoms with van der Waals surface area (Å²) in [4.78, 5) is 29.9. The first kappa shape index (κ1) is 22.2. The van der Waals surface area contributed by atoms with Crippen molar-refractivity contribution in [3.63, 3.8) is 0 Å². The van der Waals surface area contributed by atoms with E-state index in [4.69, 9.17) is 9.90 Å². The molecular formula is C20H22F3N3O3S. The predicted octanol–water partition coefficient (Wildman–Crippen LogP) is 3.51. The van der Waals surface area contributed by atoms with Gasteiger partial charge in [-0.15, -0.1) is 11.3 Å². The number of aliphatic carboxylic acids is 1. The van der Waals surface area contributed by atoms with Crippen molar-refractivity contribution in [3.8, 4) is 0 Å². The van der Waals surface area contributed by atoms with Gasteiger partial charge in [-0.25, -0.2) is 9.78 Å². The molecule has 30 heavy (non-hydrogen) atoms. The zero-order valence-corrected chi connectivity index (χ0v) is 17.0. The van der Waals surface area contributed by atoms with Crippen LogP contribution < -0.4 is 0 Å². The number of piperidine rings is 1. The van der Waals surface area contributed by atoms with E-state index >= 15 is 0 Å². The molecular weight excluding hydrogens is 419 g/mol. The lowest BCUT2D eigenvalue weighted by Gasteiger charge is -2.54. The molecule has 0 bridgehead atoms. The van der Waals surface area contributed by atoms with E-state index in [1.807, 2.05) is 10.3 Å². The van der Waals surface area contributed by atoms with Crippen LogP contribution in [0.25, 0.3) is 0 Å². The highest BCUT2D eigenvalue weighted by molar-refractivity contribution is 7.07. The predicted molar refractivity (Wildman–Crippen MR) is 105 cm³/mol. The van der Waals surface area contributed by atoms with E-state index in [-0.39, 0.29) is 5.91 Å². The second kappa shape index (κ2) is 9.13. The fourth-order valence-electron chi connectivity index (χ4n) is 3.84. The summed E-state index contributed by atoms with van der Waals surface area (Å²) in [7, 11) is 0. The van der Waals surface area contributed by atoms with Crippen molar-refractivity contribution in [2.24, 2.45) is 5.41 Å². The molecule has 162 valence electrons. The third kappa shape index (κ3) is 5.57. The molecule has 0 aliphatic carbocycles. The Labute approximate surface area is 175 Å². The maximum atomic E-state index is 12.3. The van der Waals surface area contributed by atoms with Gasteiger partial charge >= 0.3 is 12.1 Å². The number of thiazole rings is 1. The van der Waals surface area contributed by atoms with Crippen LogP contribution in [0.5, 0.6) is 0 Å². The number of halogens is 3. The van der Waals surface area contributed by atoms with Gasteiger partial charge in [0, 0.05) is 38.1 Å². The third-order valence-corrected chi connectivity index (χ3v) is 5.96. The van der Waals surface area contributed by atoms with Gasteiger partial charge in [0.25, 0.3) is 5.91 Å². The second-order valence-corrected chi connectivity index (χ2v) is 8.32. The van der Waals surface area contributed by atoms with Crippen LogP contribution >= 0.6 is 11.3 Å². The molecule has 1 amide bonds. The van der Waals surface area contributed by atoms with Gasteiger partial charge in [-0.2, -0.15) is 13.2 Å². The van der Waals surface area contributed by atoms with Crippen LogP contribution in [0, 0.1) is 5.41 Å². The van der Waals surface area contributed by atoms with Gasteiger partial charge < -0.3 is 10.0 Å². The first-order chi connectivity index (χ1) is 14.2. The van der Waals surface area contributed by atoms with Gasteiger partial charge in [0.2, 0.25) is 0 Å². The van der Waals surface area contributed by atoms with Crippen molar-refractivity contribution in [3.05, 3.63) is 52.5 Å². The van der Waals surface area contributed by atoms with E-state index in [9.17, 15) is 18.0 Å². The number of aromatic nitrogens is 1. The molecule has 4 rings (SSSR count). The molecule has 2 aromatic rings. The third-order valence-electron chi connectivity index (χ3n) is 5.37. The van der Waals surface area contributed by atoms with Crippen LogP contribution in [0.3, 0.4) is 0 Å². The number of likely N-dealkylation sites (tertiary alicyclic amines) is 2. The summed E-state index contributed by atoms with van der Waals surface area (Å²) in [6.07, 6.45) is -2.84. The maximum absolute atomic E-state index is 12.3. The number of hydrogen-bond acceptors (Lipinski definition) is 5. The number of carbonyl (C=O) groups is 2. The highest BCUT2D eigenvalue weighted by Gasteiger charge is 2.45. The largest absolute Gasteiger partial charge is 0.490 e. The van der Waals surface area contributed by atoms with Crippen LogP contribution in [0.4, 0.5) is 13.2 Å². The van der Waals surface area contributed by atoms with Gasteiger partial charge in [0.15, 0.2) is 0 Å². The molecule has 2 saturated heterocycles. The SMILES string of the molecule is O=C(O)C(F)(F)F.O=C(c1cscn1)N1CCC2(CC1)CN(Cc1ccccc1)C2. The molecule has 0 atom stereocenters. The Bertz CT molecular complexity index is 843. The smallest absolute Gasteiger partial charge is 0.475 e. The van der Waals surface area contributed by atoms with Gasteiger partial charge in [0.05, 0.1) is 5.51 Å². The van der Waals surface area contributed by atoms with Crippen molar-refractivity contribution in [2.45, 2.75) is 25.6 Å². The van der Waals surface area contributed by atoms with Gasteiger partial charge in [-0.1, -0.05) is 30.3 Å². The minimum atomic E-state index is -5.08. The standard InChI is InChI=1S/C18H21N3OS.C2HF3O2/c22-17(16-11-23-14-19-16)21-8-6-18(7-9-21)12-20(13-18)10-15-4-2-1-3-5-15;3-2(4,5)1(6)7/h1-5,11,14H,6-10,12-13H2;(H,6,7). The van der Waals surface area contributed by atoms with Crippen LogP contribution in [-0.2, 0) is 11.3 Å². The number of rotatable bonds is 3. The fourth-order valence-corrected chi connectivity index (χ4v) is 4.36. The van der Waals surface area contributed by atoms with Crippen LogP contribution in [-0.4, -0.2) is 64.1 Å². The number of carboxylic acid groups (broad SMARTS) is 1. The lowest BCUT2D eigenvalue weighted by atomic mass is 9.72. The zero-order chi connectivity index (χ0) is 21.8. The zero-order valence-electron chi connectivity index (χ0n) is 16.1. The Morgan fingerprint density at radius 2 is 1.73 bits per heavy atom. The number of amides is 1. The van der Waals surface area contributed by atoms with Crippen molar-refractivity contribution in [1.29, 1.82) is 0 Å². The van der Waals surface area contributed by atoms with E-state index in [0.29, 0.717) is 11.1 Å². The van der Waals surface area contributed by atoms with Gasteiger partial charge in [-0.3, -0.25) is 9.69 Å². The Morgan fingerprint density at radius 3 is 2.23 bits per heavy atom. The molecule has 0 unspecified atom stereocenters. The first-order valence-electron chi connectivity index (χ1n) is 9.42. The lowest BCUT2D eigenvalue weighted by molar-refractivity contribution is -0.192. The summed E-state index contributed by atoms with van der Waals surface area (Å²) in [6, 6.07) is 10.7. The Morgan fingerprint density at radius 1 is 1.13 bits per heavy atom. The Balaban J connectivity index is 0.000000318. The average molecular weight is 441 g/mol. The van der Waals surface area contributed by atoms with Gasteiger partial charge in [0.1, 0.15) is 5.69 Å². The van der Waals surface area contributed by atoms with Crippen molar-refractivity contribution >= 4 is 23.2 Å². The van der Waals surface area contributed by atoms with E-state index < -0.39 is 12.1 Å². The van der Waals surface area contributed by atoms with Gasteiger partial charge in [-0.05, 0) is 23.8 Å². The van der Waals surface area contributed by atoms with Crippen molar-refractivity contribution in [1.82, 2.24) is 14.8 Å². The van der Waals surface area contributed by atoms with Crippen LogP contribution in [0.1, 0.15) is 28.9 Å². The quantitative estimate of drug-likeness (QED) is 0.789. The Hall–Kier alpha value is -2.46. The second-order valence-electron chi connectivity index (χ2n) is 7.60. The number of carboxylic acids is 1. The molecule has 0 saturated carbocycles. The molecule has 2 fully saturated rings. The molecule has 1 aromatic carbocycles. The first-order valence-corrected chi connectivity index (χ1v) is 10.4. The number of nitrogens with zero attached hydrogens (tertiary/aromatic N) is 3. The van der Waals surface area contributed by atoms with E-state index in [1.165, 1.54) is 30.0 Å². The number of benzene rings is 1. The lowest BCUT2D eigenvalue weighted by Crippen LogP contribution is -2.60. The molecule has 2 aliphatic heterocycles. The number of carbonyl (C=O) groups excluding carboxylic acids is 1. The van der Waals surface area contributed by atoms with Crippen molar-refractivity contribution < 1.29 is 27.9 Å². The monoisotopic (exact) mass is 441 g/mol. The van der Waals surface area contributed by atoms with E-state index in [2.05, 4.69) is 40.2 Å². The molecule has 1 aromatic heterocycles. The summed E-state index contributed by atoms with van der Waals surface area (Å²) in [5.74, 6) is -2.66. The molecule has 3 heterocycles. The topological polar surface area (TPSA) is 73.7 Å². The average Bonchev–Trinajstić information content (AvgIpc) is 3.22. The summed E-state index contributed by atoms with van der Waals surface area (Å²) in [6.45, 7) is 5.12. The van der Waals surface area contributed by atoms with Crippen LogP contribution in [0.2, 0.25) is 0 Å². The molecule has 6 nitrogen and oxygen atoms in total. The molecule has 0 radical (unpaired) electrons. The molecule has 1 N–H and O–H groups in total. The highest BCUT2D eigenvalue weighted by atomic mass is 32.1. The number of alkyl halides is 3. The summed E-state index contributed by atoms with van der Waals surface area (Å²) in [5.41, 5.74) is 4.16. The Kier molecular flexibility index (Phi) is 6.77. The van der Waals surface area contributed by atoms with Crippen molar-refractivity contribution in [2.75, 3.05) is 26.2 Å². The maximum Gasteiger partial charge on any atom is 0.490 e. The van der Waals surface area contributed by atoms with E-state index in [0.717, 1.165) is 32.5 Å². The minimum absolute atomic E-state index is 0.0987. The normalized spacial score (nSPS) is 18.3. The fraction of sp³-hybridized carbons (Fsp3) is 0.450. The summed E-state index contributed by atoms with van der Waals surface area (Å²) in [5, 5.41) is 8.97. The van der Waals surface area contributed by atoms with Crippen LogP contribution in [0.15, 0.2) is 41.2 Å². The van der Waals surface area contributed by atoms with E-state index in [1.54, 1.807) is 5.51 Å². The summed E-state index contributed by atoms with van der Waals surface area (Å²) >= 11 is 1.48.